The Labute approximate surface area is 164 Å². The van der Waals surface area contributed by atoms with E-state index in [0.29, 0.717) is 12.1 Å². The minimum Gasteiger partial charge on any atom is -0.378 e. The molecule has 6 heteroatoms. The van der Waals surface area contributed by atoms with Crippen molar-refractivity contribution in [2.24, 2.45) is 0 Å². The van der Waals surface area contributed by atoms with Gasteiger partial charge in [-0.05, 0) is 23.8 Å². The van der Waals surface area contributed by atoms with Crippen LogP contribution in [0.1, 0.15) is 22.9 Å². The lowest BCUT2D eigenvalue weighted by Gasteiger charge is -2.21. The summed E-state index contributed by atoms with van der Waals surface area (Å²) in [6.07, 6.45) is 3.13. The van der Waals surface area contributed by atoms with E-state index in [2.05, 4.69) is 15.3 Å². The maximum Gasteiger partial charge on any atom is 0.253 e. The molecular weight excluding hydrogens is 352 g/mol. The normalized spacial score (nSPS) is 11.6. The molecule has 0 saturated heterocycles. The Morgan fingerprint density at radius 3 is 2.54 bits per heavy atom. The minimum absolute atomic E-state index is 0.291. The Kier molecular flexibility index (Phi) is 6.70. The van der Waals surface area contributed by atoms with Crippen molar-refractivity contribution in [2.45, 2.75) is 19.1 Å². The molecule has 6 nitrogen and oxygen atoms in total. The highest BCUT2D eigenvalue weighted by atomic mass is 16.3. The van der Waals surface area contributed by atoms with E-state index < -0.39 is 12.0 Å². The van der Waals surface area contributed by atoms with Crippen molar-refractivity contribution in [3.63, 3.8) is 0 Å². The van der Waals surface area contributed by atoms with Gasteiger partial charge in [-0.2, -0.15) is 0 Å². The average Bonchev–Trinajstić information content (AvgIpc) is 2.76. The van der Waals surface area contributed by atoms with E-state index in [1.165, 1.54) is 0 Å². The van der Waals surface area contributed by atoms with E-state index in [4.69, 9.17) is 0 Å². The number of pyridine rings is 2. The number of aliphatic hydroxyl groups is 1. The molecule has 0 radical (unpaired) electrons. The van der Waals surface area contributed by atoms with Crippen LogP contribution in [0.3, 0.4) is 0 Å². The monoisotopic (exact) mass is 376 g/mol. The molecule has 0 aliphatic carbocycles. The zero-order chi connectivity index (χ0) is 19.8. The largest absolute Gasteiger partial charge is 0.378 e. The number of hydrogen-bond acceptors (Lipinski definition) is 5. The van der Waals surface area contributed by atoms with Crippen LogP contribution >= 0.6 is 0 Å². The maximum absolute atomic E-state index is 12.3. The molecule has 1 aromatic carbocycles. The number of aliphatic hydroxyl groups excluding tert-OH is 1. The SMILES string of the molecule is CN(CCc1ccccn1)c1ncccc1CNC(=O)[C@@H](O)c1ccccc1. The van der Waals surface area contributed by atoms with Crippen molar-refractivity contribution >= 4 is 11.7 Å². The molecule has 0 unspecified atom stereocenters. The summed E-state index contributed by atoms with van der Waals surface area (Å²) in [6, 6.07) is 18.5. The van der Waals surface area contributed by atoms with Crippen LogP contribution in [0, 0.1) is 0 Å². The molecule has 0 spiro atoms. The molecule has 2 aromatic heterocycles. The van der Waals surface area contributed by atoms with Crippen molar-refractivity contribution in [2.75, 3.05) is 18.5 Å². The fraction of sp³-hybridized carbons (Fsp3) is 0.227. The zero-order valence-corrected chi connectivity index (χ0v) is 15.8. The third-order valence-electron chi connectivity index (χ3n) is 4.48. The van der Waals surface area contributed by atoms with Gasteiger partial charge in [-0.1, -0.05) is 42.5 Å². The van der Waals surface area contributed by atoms with Crippen molar-refractivity contribution < 1.29 is 9.90 Å². The van der Waals surface area contributed by atoms with Gasteiger partial charge >= 0.3 is 0 Å². The van der Waals surface area contributed by atoms with Gasteiger partial charge in [0, 0.05) is 50.2 Å². The first-order valence-electron chi connectivity index (χ1n) is 9.21. The number of hydrogen-bond donors (Lipinski definition) is 2. The van der Waals surface area contributed by atoms with Crippen LogP contribution in [0.25, 0.3) is 0 Å². The van der Waals surface area contributed by atoms with Crippen molar-refractivity contribution in [3.8, 4) is 0 Å². The summed E-state index contributed by atoms with van der Waals surface area (Å²) in [5.41, 5.74) is 2.48. The molecular formula is C22H24N4O2. The van der Waals surface area contributed by atoms with E-state index >= 15 is 0 Å². The maximum atomic E-state index is 12.3. The number of nitrogens with one attached hydrogen (secondary N) is 1. The van der Waals surface area contributed by atoms with E-state index in [1.54, 1.807) is 36.7 Å². The first kappa shape index (κ1) is 19.5. The van der Waals surface area contributed by atoms with E-state index in [-0.39, 0.29) is 0 Å². The first-order chi connectivity index (χ1) is 13.6. The molecule has 3 rings (SSSR count). The van der Waals surface area contributed by atoms with Crippen LogP contribution in [-0.4, -0.2) is 34.6 Å². The number of rotatable bonds is 8. The Balaban J connectivity index is 1.61. The first-order valence-corrected chi connectivity index (χ1v) is 9.21. The van der Waals surface area contributed by atoms with Gasteiger partial charge in [0.2, 0.25) is 0 Å². The molecule has 28 heavy (non-hydrogen) atoms. The molecule has 0 saturated carbocycles. The number of benzene rings is 1. The Hall–Kier alpha value is -3.25. The Morgan fingerprint density at radius 2 is 1.79 bits per heavy atom. The summed E-state index contributed by atoms with van der Waals surface area (Å²) < 4.78 is 0. The highest BCUT2D eigenvalue weighted by Crippen LogP contribution is 2.17. The lowest BCUT2D eigenvalue weighted by molar-refractivity contribution is -0.129. The van der Waals surface area contributed by atoms with Gasteiger partial charge in [-0.3, -0.25) is 9.78 Å². The second-order valence-electron chi connectivity index (χ2n) is 6.51. The summed E-state index contributed by atoms with van der Waals surface area (Å²) in [5.74, 6) is 0.366. The molecule has 0 fully saturated rings. The number of carbonyl (C=O) groups is 1. The fourth-order valence-electron chi connectivity index (χ4n) is 2.91. The van der Waals surface area contributed by atoms with Crippen LogP contribution in [0.15, 0.2) is 73.1 Å². The highest BCUT2D eigenvalue weighted by Gasteiger charge is 2.17. The standard InChI is InChI=1S/C22H24N4O2/c1-26(15-12-19-11-5-6-13-23-19)21-18(10-7-14-24-21)16-25-22(28)20(27)17-8-3-2-4-9-17/h2-11,13-14,20,27H,12,15-16H2,1H3,(H,25,28)/t20-/m0/s1. The lowest BCUT2D eigenvalue weighted by Crippen LogP contribution is -2.30. The molecule has 1 amide bonds. The van der Waals surface area contributed by atoms with E-state index in [1.807, 2.05) is 48.3 Å². The van der Waals surface area contributed by atoms with Gasteiger partial charge < -0.3 is 15.3 Å². The topological polar surface area (TPSA) is 78.4 Å². The van der Waals surface area contributed by atoms with Gasteiger partial charge in [0.1, 0.15) is 5.82 Å². The van der Waals surface area contributed by atoms with Crippen LogP contribution in [0.4, 0.5) is 5.82 Å². The third-order valence-corrected chi connectivity index (χ3v) is 4.48. The van der Waals surface area contributed by atoms with Crippen LogP contribution < -0.4 is 10.2 Å². The number of carbonyl (C=O) groups excluding carboxylic acids is 1. The summed E-state index contributed by atoms with van der Waals surface area (Å²) in [4.78, 5) is 23.2. The molecule has 144 valence electrons. The quantitative estimate of drug-likeness (QED) is 0.632. The fourth-order valence-corrected chi connectivity index (χ4v) is 2.91. The van der Waals surface area contributed by atoms with Gasteiger partial charge in [0.25, 0.3) is 5.91 Å². The summed E-state index contributed by atoms with van der Waals surface area (Å²) in [7, 11) is 1.97. The Morgan fingerprint density at radius 1 is 1.04 bits per heavy atom. The molecule has 2 N–H and O–H groups in total. The average molecular weight is 376 g/mol. The van der Waals surface area contributed by atoms with Crippen molar-refractivity contribution in [1.29, 1.82) is 0 Å². The number of anilines is 1. The molecule has 0 aliphatic rings. The van der Waals surface area contributed by atoms with Crippen LogP contribution in [-0.2, 0) is 17.8 Å². The van der Waals surface area contributed by atoms with Crippen LogP contribution in [0.5, 0.6) is 0 Å². The smallest absolute Gasteiger partial charge is 0.253 e. The molecule has 0 bridgehead atoms. The predicted molar refractivity (Wildman–Crippen MR) is 109 cm³/mol. The number of amides is 1. The predicted octanol–water partition coefficient (Wildman–Crippen LogP) is 2.51. The number of likely N-dealkylation sites (N-methyl/N-ethyl adjacent to an activating group) is 1. The van der Waals surface area contributed by atoms with E-state index in [0.717, 1.165) is 30.0 Å². The summed E-state index contributed by atoms with van der Waals surface area (Å²) in [5, 5.41) is 13.0. The second-order valence-corrected chi connectivity index (χ2v) is 6.51. The minimum atomic E-state index is -1.19. The summed E-state index contributed by atoms with van der Waals surface area (Å²) in [6.45, 7) is 1.04. The van der Waals surface area contributed by atoms with Gasteiger partial charge in [0.05, 0.1) is 0 Å². The number of nitrogens with zero attached hydrogens (tertiary/aromatic N) is 3. The molecule has 0 aliphatic heterocycles. The molecule has 3 aromatic rings. The summed E-state index contributed by atoms with van der Waals surface area (Å²) >= 11 is 0. The van der Waals surface area contributed by atoms with Crippen molar-refractivity contribution in [3.05, 3.63) is 89.9 Å². The highest BCUT2D eigenvalue weighted by molar-refractivity contribution is 5.82. The molecule has 2 heterocycles. The van der Waals surface area contributed by atoms with Gasteiger partial charge in [-0.25, -0.2) is 4.98 Å². The Bertz CT molecular complexity index is 887. The van der Waals surface area contributed by atoms with E-state index in [9.17, 15) is 9.90 Å². The second kappa shape index (κ2) is 9.62. The molecule has 1 atom stereocenters. The van der Waals surface area contributed by atoms with Gasteiger partial charge in [-0.15, -0.1) is 0 Å². The van der Waals surface area contributed by atoms with Crippen LogP contribution in [0.2, 0.25) is 0 Å². The lowest BCUT2D eigenvalue weighted by atomic mass is 10.1. The number of aromatic nitrogens is 2. The third kappa shape index (κ3) is 5.14. The van der Waals surface area contributed by atoms with Gasteiger partial charge in [0.15, 0.2) is 6.10 Å². The zero-order valence-electron chi connectivity index (χ0n) is 15.8. The van der Waals surface area contributed by atoms with Crippen molar-refractivity contribution in [1.82, 2.24) is 15.3 Å².